The fourth-order valence-electron chi connectivity index (χ4n) is 2.87. The molecule has 0 N–H and O–H groups in total. The highest BCUT2D eigenvalue weighted by atomic mass is 32.2. The van der Waals surface area contributed by atoms with Gasteiger partial charge in [-0.05, 0) is 34.9 Å². The molecule has 0 aromatic heterocycles. The summed E-state index contributed by atoms with van der Waals surface area (Å²) in [6, 6.07) is 32.3. The lowest BCUT2D eigenvalue weighted by molar-refractivity contribution is 1.73. The average molecular weight is 366 g/mol. The SMILES string of the molecule is CSC(=S)C=P(c1ccccc1)(c1ccccc1)c1ccccc1. The zero-order valence-corrected chi connectivity index (χ0v) is 16.0. The fourth-order valence-corrected chi connectivity index (χ4v) is 7.83. The quantitative estimate of drug-likeness (QED) is 0.493. The monoisotopic (exact) mass is 366 g/mol. The first-order valence-corrected chi connectivity index (χ1v) is 11.3. The zero-order chi connectivity index (χ0) is 16.8. The lowest BCUT2D eigenvalue weighted by atomic mass is 10.4. The Labute approximate surface area is 153 Å². The van der Waals surface area contributed by atoms with Crippen LogP contribution in [0.2, 0.25) is 0 Å². The van der Waals surface area contributed by atoms with E-state index in [-0.39, 0.29) is 0 Å². The number of hydrogen-bond donors (Lipinski definition) is 0. The molecule has 0 atom stereocenters. The molecule has 3 heteroatoms. The summed E-state index contributed by atoms with van der Waals surface area (Å²) in [5.74, 6) is 2.33. The summed E-state index contributed by atoms with van der Waals surface area (Å²) in [6.07, 6.45) is 2.05. The summed E-state index contributed by atoms with van der Waals surface area (Å²) in [4.78, 5) is 0. The van der Waals surface area contributed by atoms with Crippen molar-refractivity contribution in [1.82, 2.24) is 0 Å². The highest BCUT2D eigenvalue weighted by Gasteiger charge is 2.25. The van der Waals surface area contributed by atoms with Crippen LogP contribution in [0.4, 0.5) is 0 Å². The molecular weight excluding hydrogens is 347 g/mol. The minimum absolute atomic E-state index is 0.944. The van der Waals surface area contributed by atoms with Gasteiger partial charge in [-0.3, -0.25) is 0 Å². The molecule has 120 valence electrons. The molecule has 0 unspecified atom stereocenters. The molecule has 24 heavy (non-hydrogen) atoms. The van der Waals surface area contributed by atoms with Crippen molar-refractivity contribution in [3.63, 3.8) is 0 Å². The van der Waals surface area contributed by atoms with Crippen LogP contribution in [0.3, 0.4) is 0 Å². The smallest absolute Gasteiger partial charge is 0.0713 e. The van der Waals surface area contributed by atoms with Crippen molar-refractivity contribution in [3.05, 3.63) is 91.0 Å². The maximum Gasteiger partial charge on any atom is 0.0713 e. The summed E-state index contributed by atoms with van der Waals surface area (Å²) in [6.45, 7) is -1.91. The topological polar surface area (TPSA) is 0 Å². The van der Waals surface area contributed by atoms with Crippen LogP contribution in [0.5, 0.6) is 0 Å². The van der Waals surface area contributed by atoms with Crippen LogP contribution in [0.1, 0.15) is 0 Å². The van der Waals surface area contributed by atoms with Gasteiger partial charge in [0.2, 0.25) is 0 Å². The first-order chi connectivity index (χ1) is 11.8. The van der Waals surface area contributed by atoms with Crippen LogP contribution >= 0.6 is 30.9 Å². The van der Waals surface area contributed by atoms with Crippen LogP contribution in [-0.2, 0) is 0 Å². The minimum atomic E-state index is -1.91. The molecule has 0 bridgehead atoms. The third-order valence-corrected chi connectivity index (χ3v) is 9.46. The standard InChI is InChI=1S/C21H19PS2/c1-24-21(23)17-22(18-11-5-2-6-12-18,19-13-7-3-8-14-19)20-15-9-4-10-16-20/h2-17H,1H3. The number of hydrogen-bond acceptors (Lipinski definition) is 2. The largest absolute Gasteiger partial charge is 0.118 e. The number of benzene rings is 3. The van der Waals surface area contributed by atoms with Gasteiger partial charge in [0.1, 0.15) is 0 Å². The minimum Gasteiger partial charge on any atom is -0.118 e. The van der Waals surface area contributed by atoms with Gasteiger partial charge < -0.3 is 0 Å². The average Bonchev–Trinajstić information content (AvgIpc) is 2.68. The van der Waals surface area contributed by atoms with Crippen molar-refractivity contribution in [2.75, 3.05) is 6.26 Å². The lowest BCUT2D eigenvalue weighted by Gasteiger charge is -2.28. The Kier molecular flexibility index (Phi) is 5.73. The molecule has 0 heterocycles. The van der Waals surface area contributed by atoms with Crippen molar-refractivity contribution in [3.8, 4) is 0 Å². The molecule has 3 rings (SSSR count). The Morgan fingerprint density at radius 3 is 1.33 bits per heavy atom. The third kappa shape index (κ3) is 3.42. The number of thioether (sulfide) groups is 1. The van der Waals surface area contributed by atoms with E-state index in [0.717, 1.165) is 4.20 Å². The summed E-state index contributed by atoms with van der Waals surface area (Å²) < 4.78 is 0.944. The van der Waals surface area contributed by atoms with Crippen LogP contribution in [0.25, 0.3) is 0 Å². The second-order valence-electron chi connectivity index (χ2n) is 5.38. The van der Waals surface area contributed by atoms with Gasteiger partial charge in [0, 0.05) is 0 Å². The highest BCUT2D eigenvalue weighted by Crippen LogP contribution is 2.44. The molecular formula is C21H19PS2. The van der Waals surface area contributed by atoms with Crippen LogP contribution < -0.4 is 15.9 Å². The second-order valence-corrected chi connectivity index (χ2v) is 10.2. The predicted octanol–water partition coefficient (Wildman–Crippen LogP) is 4.47. The first-order valence-electron chi connectivity index (χ1n) is 7.77. The lowest BCUT2D eigenvalue weighted by Crippen LogP contribution is -2.27. The predicted molar refractivity (Wildman–Crippen MR) is 117 cm³/mol. The van der Waals surface area contributed by atoms with E-state index in [1.165, 1.54) is 15.9 Å². The third-order valence-electron chi connectivity index (χ3n) is 3.99. The van der Waals surface area contributed by atoms with E-state index in [0.29, 0.717) is 0 Å². The van der Waals surface area contributed by atoms with Gasteiger partial charge in [-0.25, -0.2) is 0 Å². The van der Waals surface area contributed by atoms with Crippen LogP contribution in [0.15, 0.2) is 91.0 Å². The highest BCUT2D eigenvalue weighted by molar-refractivity contribution is 8.26. The van der Waals surface area contributed by atoms with E-state index in [1.54, 1.807) is 11.8 Å². The normalized spacial score (nSPS) is 11.0. The molecule has 0 fully saturated rings. The molecule has 0 saturated carbocycles. The van der Waals surface area contributed by atoms with Crippen molar-refractivity contribution in [1.29, 1.82) is 0 Å². The Balaban J connectivity index is 2.42. The van der Waals surface area contributed by atoms with Crippen molar-refractivity contribution >= 4 is 56.8 Å². The van der Waals surface area contributed by atoms with Gasteiger partial charge in [-0.2, -0.15) is 0 Å². The van der Waals surface area contributed by atoms with Gasteiger partial charge in [0.15, 0.2) is 0 Å². The Hall–Kier alpha value is -1.60. The Morgan fingerprint density at radius 1 is 0.708 bits per heavy atom. The number of thiocarbonyl (C=S) groups is 1. The second kappa shape index (κ2) is 7.98. The van der Waals surface area contributed by atoms with E-state index in [4.69, 9.17) is 12.2 Å². The molecule has 0 aliphatic rings. The number of rotatable bonds is 4. The van der Waals surface area contributed by atoms with Gasteiger partial charge in [0.05, 0.1) is 4.20 Å². The summed E-state index contributed by atoms with van der Waals surface area (Å²) in [5.41, 5.74) is 0. The molecule has 3 aromatic carbocycles. The first kappa shape index (κ1) is 17.2. The van der Waals surface area contributed by atoms with E-state index >= 15 is 0 Å². The molecule has 0 aliphatic carbocycles. The Morgan fingerprint density at radius 2 is 1.04 bits per heavy atom. The van der Waals surface area contributed by atoms with Crippen LogP contribution in [0, 0.1) is 0 Å². The fraction of sp³-hybridized carbons (Fsp3) is 0.0476. The maximum atomic E-state index is 5.64. The summed E-state index contributed by atoms with van der Waals surface area (Å²) >= 11 is 7.28. The van der Waals surface area contributed by atoms with Crippen molar-refractivity contribution in [2.45, 2.75) is 0 Å². The molecule has 0 saturated heterocycles. The van der Waals surface area contributed by atoms with Gasteiger partial charge in [0.25, 0.3) is 0 Å². The van der Waals surface area contributed by atoms with Crippen molar-refractivity contribution in [2.24, 2.45) is 0 Å². The van der Waals surface area contributed by atoms with Gasteiger partial charge >= 0.3 is 0 Å². The molecule has 0 amide bonds. The van der Waals surface area contributed by atoms with E-state index in [9.17, 15) is 0 Å². The maximum absolute atomic E-state index is 5.64. The Bertz CT molecular complexity index is 753. The van der Waals surface area contributed by atoms with E-state index in [1.807, 2.05) is 0 Å². The van der Waals surface area contributed by atoms with E-state index < -0.39 is 6.89 Å². The van der Waals surface area contributed by atoms with Gasteiger partial charge in [-0.15, -0.1) is 11.8 Å². The molecule has 0 radical (unpaired) electrons. The van der Waals surface area contributed by atoms with Crippen LogP contribution in [-0.4, -0.2) is 16.2 Å². The van der Waals surface area contributed by atoms with E-state index in [2.05, 4.69) is 103 Å². The van der Waals surface area contributed by atoms with Gasteiger partial charge in [-0.1, -0.05) is 103 Å². The zero-order valence-electron chi connectivity index (χ0n) is 13.5. The molecule has 0 spiro atoms. The molecule has 3 aromatic rings. The molecule has 0 nitrogen and oxygen atoms in total. The summed E-state index contributed by atoms with van der Waals surface area (Å²) in [5, 5.41) is 4.00. The van der Waals surface area contributed by atoms with Crippen molar-refractivity contribution < 1.29 is 0 Å². The summed E-state index contributed by atoms with van der Waals surface area (Å²) in [7, 11) is 0. The molecule has 0 aliphatic heterocycles.